The van der Waals surface area contributed by atoms with Crippen LogP contribution in [0, 0.1) is 0 Å². The lowest BCUT2D eigenvalue weighted by Crippen LogP contribution is -2.16. The van der Waals surface area contributed by atoms with Gasteiger partial charge in [-0.1, -0.05) is 41.4 Å². The molecule has 2 N–H and O–H groups in total. The number of hydrogen-bond donors (Lipinski definition) is 2. The molecule has 3 nitrogen and oxygen atoms in total. The molecule has 2 aromatic carbocycles. The molecule has 0 unspecified atom stereocenters. The van der Waals surface area contributed by atoms with E-state index in [1.54, 1.807) is 18.2 Å². The summed E-state index contributed by atoms with van der Waals surface area (Å²) >= 11 is 15.4. The predicted molar refractivity (Wildman–Crippen MR) is 92.3 cm³/mol. The number of hydrogen-bond acceptors (Lipinski definition) is 2. The van der Waals surface area contributed by atoms with Crippen LogP contribution >= 0.6 is 39.1 Å². The first-order valence-corrected chi connectivity index (χ1v) is 7.85. The smallest absolute Gasteiger partial charge is 0.226 e. The summed E-state index contributed by atoms with van der Waals surface area (Å²) in [6.07, 6.45) is 0.324. The van der Waals surface area contributed by atoms with Gasteiger partial charge in [-0.3, -0.25) is 4.79 Å². The fourth-order valence-electron chi connectivity index (χ4n) is 1.73. The third kappa shape index (κ3) is 4.63. The highest BCUT2D eigenvalue weighted by molar-refractivity contribution is 9.10. The first-order valence-electron chi connectivity index (χ1n) is 6.30. The Morgan fingerprint density at radius 3 is 2.52 bits per heavy atom. The van der Waals surface area contributed by atoms with Crippen LogP contribution in [-0.4, -0.2) is 12.5 Å². The van der Waals surface area contributed by atoms with Crippen LogP contribution in [0.2, 0.25) is 10.0 Å². The Bertz CT molecular complexity index is 649. The standard InChI is InChI=1S/C15H13BrCl2N2O/c16-10-4-1-2-6-12(10)19-9-8-14(21)20-13-7-3-5-11(17)15(13)18/h1-7,19H,8-9H2,(H,20,21). The number of amides is 1. The molecule has 0 saturated heterocycles. The van der Waals surface area contributed by atoms with Gasteiger partial charge in [0, 0.05) is 23.1 Å². The van der Waals surface area contributed by atoms with Crippen molar-refractivity contribution in [2.75, 3.05) is 17.2 Å². The Hall–Kier alpha value is -1.23. The van der Waals surface area contributed by atoms with Crippen molar-refractivity contribution >= 4 is 56.4 Å². The third-order valence-corrected chi connectivity index (χ3v) is 4.28. The summed E-state index contributed by atoms with van der Waals surface area (Å²) in [5.74, 6) is -0.126. The van der Waals surface area contributed by atoms with Crippen molar-refractivity contribution in [2.24, 2.45) is 0 Å². The number of carbonyl (C=O) groups excluding carboxylic acids is 1. The first-order chi connectivity index (χ1) is 10.1. The fourth-order valence-corrected chi connectivity index (χ4v) is 2.50. The van der Waals surface area contributed by atoms with Gasteiger partial charge in [-0.15, -0.1) is 0 Å². The van der Waals surface area contributed by atoms with Gasteiger partial charge in [0.25, 0.3) is 0 Å². The number of benzene rings is 2. The fraction of sp³-hybridized carbons (Fsp3) is 0.133. The highest BCUT2D eigenvalue weighted by Gasteiger charge is 2.08. The first kappa shape index (κ1) is 16.1. The molecule has 2 rings (SSSR count). The molecular formula is C15H13BrCl2N2O. The summed E-state index contributed by atoms with van der Waals surface area (Å²) in [6.45, 7) is 0.520. The average Bonchev–Trinajstić information content (AvgIpc) is 2.46. The van der Waals surface area contributed by atoms with E-state index < -0.39 is 0 Å². The van der Waals surface area contributed by atoms with E-state index in [1.807, 2.05) is 24.3 Å². The van der Waals surface area contributed by atoms with Crippen LogP contribution in [0.3, 0.4) is 0 Å². The van der Waals surface area contributed by atoms with E-state index in [2.05, 4.69) is 26.6 Å². The van der Waals surface area contributed by atoms with Crippen molar-refractivity contribution in [3.05, 3.63) is 57.0 Å². The molecule has 0 atom stereocenters. The number of nitrogens with one attached hydrogen (secondary N) is 2. The van der Waals surface area contributed by atoms with E-state index >= 15 is 0 Å². The molecule has 110 valence electrons. The monoisotopic (exact) mass is 386 g/mol. The zero-order valence-electron chi connectivity index (χ0n) is 11.0. The molecule has 0 aliphatic carbocycles. The van der Waals surface area contributed by atoms with Crippen LogP contribution in [0.1, 0.15) is 6.42 Å². The topological polar surface area (TPSA) is 41.1 Å². The van der Waals surface area contributed by atoms with Gasteiger partial charge in [-0.05, 0) is 40.2 Å². The number of halogens is 3. The predicted octanol–water partition coefficient (Wildman–Crippen LogP) is 5.20. The van der Waals surface area contributed by atoms with Gasteiger partial charge in [0.15, 0.2) is 0 Å². The van der Waals surface area contributed by atoms with Crippen LogP contribution in [0.4, 0.5) is 11.4 Å². The normalized spacial score (nSPS) is 10.2. The molecule has 0 aromatic heterocycles. The summed E-state index contributed by atoms with van der Waals surface area (Å²) in [5.41, 5.74) is 1.47. The van der Waals surface area contributed by atoms with Gasteiger partial charge in [0.1, 0.15) is 0 Å². The van der Waals surface area contributed by atoms with E-state index in [0.29, 0.717) is 28.7 Å². The number of rotatable bonds is 5. The van der Waals surface area contributed by atoms with E-state index in [4.69, 9.17) is 23.2 Å². The minimum absolute atomic E-state index is 0.126. The second-order valence-corrected chi connectivity index (χ2v) is 5.95. The lowest BCUT2D eigenvalue weighted by molar-refractivity contribution is -0.115. The minimum Gasteiger partial charge on any atom is -0.384 e. The SMILES string of the molecule is O=C(CCNc1ccccc1Br)Nc1cccc(Cl)c1Cl. The summed E-state index contributed by atoms with van der Waals surface area (Å²) < 4.78 is 0.961. The van der Waals surface area contributed by atoms with Gasteiger partial charge >= 0.3 is 0 Å². The van der Waals surface area contributed by atoms with Gasteiger partial charge in [-0.2, -0.15) is 0 Å². The van der Waals surface area contributed by atoms with Crippen molar-refractivity contribution in [1.82, 2.24) is 0 Å². The molecule has 0 aliphatic heterocycles. The molecule has 0 radical (unpaired) electrons. The molecular weight excluding hydrogens is 375 g/mol. The van der Waals surface area contributed by atoms with Crippen LogP contribution in [0.15, 0.2) is 46.9 Å². The Labute approximate surface area is 141 Å². The van der Waals surface area contributed by atoms with E-state index in [0.717, 1.165) is 10.2 Å². The summed E-state index contributed by atoms with van der Waals surface area (Å²) in [7, 11) is 0. The van der Waals surface area contributed by atoms with Crippen LogP contribution < -0.4 is 10.6 Å². The second-order valence-electron chi connectivity index (χ2n) is 4.31. The van der Waals surface area contributed by atoms with Crippen LogP contribution in [0.25, 0.3) is 0 Å². The average molecular weight is 388 g/mol. The summed E-state index contributed by atoms with van der Waals surface area (Å²) in [5, 5.41) is 6.70. The second kappa shape index (κ2) is 7.69. The molecule has 0 spiro atoms. The van der Waals surface area contributed by atoms with Crippen molar-refractivity contribution < 1.29 is 4.79 Å². The maximum atomic E-state index is 11.9. The van der Waals surface area contributed by atoms with Crippen LogP contribution in [0.5, 0.6) is 0 Å². The van der Waals surface area contributed by atoms with E-state index in [1.165, 1.54) is 0 Å². The maximum absolute atomic E-state index is 11.9. The van der Waals surface area contributed by atoms with Crippen molar-refractivity contribution in [1.29, 1.82) is 0 Å². The summed E-state index contributed by atoms with van der Waals surface area (Å²) in [6, 6.07) is 12.9. The Balaban J connectivity index is 1.85. The maximum Gasteiger partial charge on any atom is 0.226 e. The third-order valence-electron chi connectivity index (χ3n) is 2.77. The Kier molecular flexibility index (Phi) is 5.91. The number of para-hydroxylation sites is 1. The molecule has 1 amide bonds. The largest absolute Gasteiger partial charge is 0.384 e. The molecule has 0 aliphatic rings. The van der Waals surface area contributed by atoms with E-state index in [9.17, 15) is 4.79 Å². The summed E-state index contributed by atoms with van der Waals surface area (Å²) in [4.78, 5) is 11.9. The molecule has 6 heteroatoms. The van der Waals surface area contributed by atoms with Crippen molar-refractivity contribution in [2.45, 2.75) is 6.42 Å². The lowest BCUT2D eigenvalue weighted by atomic mass is 10.3. The molecule has 21 heavy (non-hydrogen) atoms. The molecule has 0 heterocycles. The highest BCUT2D eigenvalue weighted by Crippen LogP contribution is 2.29. The number of carbonyl (C=O) groups is 1. The van der Waals surface area contributed by atoms with Gasteiger partial charge in [0.05, 0.1) is 15.7 Å². The van der Waals surface area contributed by atoms with Crippen molar-refractivity contribution in [3.8, 4) is 0 Å². The molecule has 2 aromatic rings. The van der Waals surface area contributed by atoms with Crippen molar-refractivity contribution in [3.63, 3.8) is 0 Å². The van der Waals surface area contributed by atoms with Gasteiger partial charge < -0.3 is 10.6 Å². The molecule has 0 saturated carbocycles. The Morgan fingerprint density at radius 2 is 1.76 bits per heavy atom. The number of anilines is 2. The quantitative estimate of drug-likeness (QED) is 0.740. The zero-order valence-corrected chi connectivity index (χ0v) is 14.1. The Morgan fingerprint density at radius 1 is 1.05 bits per heavy atom. The lowest BCUT2D eigenvalue weighted by Gasteiger charge is -2.10. The zero-order chi connectivity index (χ0) is 15.2. The van der Waals surface area contributed by atoms with Gasteiger partial charge in [-0.25, -0.2) is 0 Å². The molecule has 0 bridgehead atoms. The van der Waals surface area contributed by atoms with Crippen LogP contribution in [-0.2, 0) is 4.79 Å². The highest BCUT2D eigenvalue weighted by atomic mass is 79.9. The van der Waals surface area contributed by atoms with Gasteiger partial charge in [0.2, 0.25) is 5.91 Å². The minimum atomic E-state index is -0.126. The van der Waals surface area contributed by atoms with E-state index in [-0.39, 0.29) is 5.91 Å². The molecule has 0 fully saturated rings.